The molecule has 0 aliphatic rings. The average Bonchev–Trinajstić information content (AvgIpc) is 2.32. The van der Waals surface area contributed by atoms with Crippen molar-refractivity contribution < 1.29 is 4.39 Å². The van der Waals surface area contributed by atoms with E-state index in [1.54, 1.807) is 6.92 Å². The number of benzene rings is 1. The lowest BCUT2D eigenvalue weighted by Gasteiger charge is -2.15. The van der Waals surface area contributed by atoms with Crippen molar-refractivity contribution in [3.8, 4) is 0 Å². The number of rotatable bonds is 7. The third-order valence-electron chi connectivity index (χ3n) is 3.05. The first-order valence-electron chi connectivity index (χ1n) is 6.27. The molecule has 0 bridgehead atoms. The Kier molecular flexibility index (Phi) is 6.16. The summed E-state index contributed by atoms with van der Waals surface area (Å²) in [5, 5.41) is 6.62. The summed E-state index contributed by atoms with van der Waals surface area (Å²) in [7, 11) is 1.98. The predicted molar refractivity (Wildman–Crippen MR) is 70.6 cm³/mol. The smallest absolute Gasteiger partial charge is 0.126 e. The van der Waals surface area contributed by atoms with Crippen LogP contribution in [0.15, 0.2) is 18.2 Å². The summed E-state index contributed by atoms with van der Waals surface area (Å²) in [5.41, 5.74) is 1.86. The van der Waals surface area contributed by atoms with E-state index in [0.717, 1.165) is 31.6 Å². The summed E-state index contributed by atoms with van der Waals surface area (Å²) in [5.74, 6) is 0.525. The molecule has 0 aliphatic carbocycles. The molecule has 1 atom stereocenters. The van der Waals surface area contributed by atoms with Gasteiger partial charge in [0.15, 0.2) is 0 Å². The second kappa shape index (κ2) is 7.41. The zero-order valence-corrected chi connectivity index (χ0v) is 11.0. The molecule has 1 aromatic carbocycles. The molecule has 0 saturated carbocycles. The zero-order valence-electron chi connectivity index (χ0n) is 11.0. The number of hydrogen-bond acceptors (Lipinski definition) is 2. The molecular weight excluding hydrogens is 215 g/mol. The summed E-state index contributed by atoms with van der Waals surface area (Å²) in [6.07, 6.45) is 1.16. The molecule has 1 aromatic rings. The van der Waals surface area contributed by atoms with E-state index in [9.17, 15) is 4.39 Å². The first-order valence-corrected chi connectivity index (χ1v) is 6.27. The number of aryl methyl sites for hydroxylation is 1. The van der Waals surface area contributed by atoms with Crippen molar-refractivity contribution in [2.24, 2.45) is 5.92 Å². The summed E-state index contributed by atoms with van der Waals surface area (Å²) in [6, 6.07) is 5.28. The van der Waals surface area contributed by atoms with Crippen LogP contribution >= 0.6 is 0 Å². The van der Waals surface area contributed by atoms with Gasteiger partial charge in [0.25, 0.3) is 0 Å². The Labute approximate surface area is 104 Å². The maximum Gasteiger partial charge on any atom is 0.126 e. The third kappa shape index (κ3) is 4.84. The quantitative estimate of drug-likeness (QED) is 0.762. The molecular formula is C14H23FN2. The number of nitrogens with one attached hydrogen (secondary N) is 2. The van der Waals surface area contributed by atoms with Crippen molar-refractivity contribution in [2.45, 2.75) is 26.8 Å². The van der Waals surface area contributed by atoms with Crippen LogP contribution < -0.4 is 10.6 Å². The average molecular weight is 238 g/mol. The van der Waals surface area contributed by atoms with Crippen molar-refractivity contribution in [3.63, 3.8) is 0 Å². The molecule has 0 fully saturated rings. The lowest BCUT2D eigenvalue weighted by atomic mass is 10.1. The molecule has 0 radical (unpaired) electrons. The number of halogens is 1. The molecule has 2 nitrogen and oxygen atoms in total. The van der Waals surface area contributed by atoms with Gasteiger partial charge in [0.05, 0.1) is 0 Å². The number of hydrogen-bond donors (Lipinski definition) is 2. The molecule has 0 spiro atoms. The van der Waals surface area contributed by atoms with Crippen molar-refractivity contribution >= 4 is 0 Å². The highest BCUT2D eigenvalue weighted by Gasteiger charge is 2.04. The van der Waals surface area contributed by atoms with Gasteiger partial charge in [-0.2, -0.15) is 0 Å². The van der Waals surface area contributed by atoms with Gasteiger partial charge in [0.1, 0.15) is 5.82 Å². The minimum absolute atomic E-state index is 0.129. The van der Waals surface area contributed by atoms with Gasteiger partial charge in [-0.15, -0.1) is 0 Å². The highest BCUT2D eigenvalue weighted by molar-refractivity contribution is 5.23. The Morgan fingerprint density at radius 3 is 2.65 bits per heavy atom. The monoisotopic (exact) mass is 238 g/mol. The molecule has 17 heavy (non-hydrogen) atoms. The second-order valence-corrected chi connectivity index (χ2v) is 4.55. The molecule has 0 heterocycles. The maximum absolute atomic E-state index is 13.1. The van der Waals surface area contributed by atoms with E-state index in [-0.39, 0.29) is 5.82 Å². The van der Waals surface area contributed by atoms with Gasteiger partial charge < -0.3 is 10.6 Å². The summed E-state index contributed by atoms with van der Waals surface area (Å²) in [4.78, 5) is 0. The van der Waals surface area contributed by atoms with Crippen LogP contribution in [0.5, 0.6) is 0 Å². The van der Waals surface area contributed by atoms with Crippen LogP contribution in [0.4, 0.5) is 4.39 Å². The Hall–Kier alpha value is -0.930. The zero-order chi connectivity index (χ0) is 12.7. The van der Waals surface area contributed by atoms with Crippen molar-refractivity contribution in [1.29, 1.82) is 0 Å². The summed E-state index contributed by atoms with van der Waals surface area (Å²) in [6.45, 7) is 6.83. The minimum Gasteiger partial charge on any atom is -0.319 e. The van der Waals surface area contributed by atoms with Crippen LogP contribution in [0, 0.1) is 18.7 Å². The van der Waals surface area contributed by atoms with Gasteiger partial charge in [-0.05, 0) is 50.2 Å². The van der Waals surface area contributed by atoms with E-state index < -0.39 is 0 Å². The SMILES string of the molecule is CCC(CNC)CNCc1ccc(F)c(C)c1. The molecule has 0 saturated heterocycles. The van der Waals surface area contributed by atoms with Crippen LogP contribution in [-0.2, 0) is 6.54 Å². The molecule has 1 unspecified atom stereocenters. The normalized spacial score (nSPS) is 12.7. The van der Waals surface area contributed by atoms with E-state index in [1.807, 2.05) is 19.2 Å². The lowest BCUT2D eigenvalue weighted by Crippen LogP contribution is -2.29. The molecule has 96 valence electrons. The summed E-state index contributed by atoms with van der Waals surface area (Å²) < 4.78 is 13.1. The van der Waals surface area contributed by atoms with Gasteiger partial charge in [-0.3, -0.25) is 0 Å². The Balaban J connectivity index is 2.37. The van der Waals surface area contributed by atoms with E-state index in [4.69, 9.17) is 0 Å². The van der Waals surface area contributed by atoms with Crippen LogP contribution in [0.1, 0.15) is 24.5 Å². The fraction of sp³-hybridized carbons (Fsp3) is 0.571. The molecule has 3 heteroatoms. The fourth-order valence-electron chi connectivity index (χ4n) is 1.89. The predicted octanol–water partition coefficient (Wildman–Crippen LogP) is 2.47. The van der Waals surface area contributed by atoms with Gasteiger partial charge in [-0.1, -0.05) is 25.5 Å². The second-order valence-electron chi connectivity index (χ2n) is 4.55. The summed E-state index contributed by atoms with van der Waals surface area (Å²) >= 11 is 0. The van der Waals surface area contributed by atoms with Crippen molar-refractivity contribution in [1.82, 2.24) is 10.6 Å². The minimum atomic E-state index is -0.129. The molecule has 0 aliphatic heterocycles. The van der Waals surface area contributed by atoms with Gasteiger partial charge in [0, 0.05) is 6.54 Å². The maximum atomic E-state index is 13.1. The van der Waals surface area contributed by atoms with E-state index in [1.165, 1.54) is 6.07 Å². The van der Waals surface area contributed by atoms with Gasteiger partial charge >= 0.3 is 0 Å². The van der Waals surface area contributed by atoms with Crippen LogP contribution in [0.25, 0.3) is 0 Å². The molecule has 0 aromatic heterocycles. The van der Waals surface area contributed by atoms with E-state index in [0.29, 0.717) is 11.5 Å². The first kappa shape index (κ1) is 14.1. The molecule has 2 N–H and O–H groups in total. The first-order chi connectivity index (χ1) is 8.17. The van der Waals surface area contributed by atoms with E-state index in [2.05, 4.69) is 17.6 Å². The standard InChI is InChI=1S/C14H23FN2/c1-4-12(8-16-3)9-17-10-13-5-6-14(15)11(2)7-13/h5-7,12,16-17H,4,8-10H2,1-3H3. The third-order valence-corrected chi connectivity index (χ3v) is 3.05. The van der Waals surface area contributed by atoms with Crippen LogP contribution in [0.2, 0.25) is 0 Å². The van der Waals surface area contributed by atoms with Crippen molar-refractivity contribution in [2.75, 3.05) is 20.1 Å². The molecule has 1 rings (SSSR count). The highest BCUT2D eigenvalue weighted by atomic mass is 19.1. The lowest BCUT2D eigenvalue weighted by molar-refractivity contribution is 0.444. The largest absolute Gasteiger partial charge is 0.319 e. The Morgan fingerprint density at radius 2 is 2.06 bits per heavy atom. The van der Waals surface area contributed by atoms with Crippen LogP contribution in [-0.4, -0.2) is 20.1 Å². The van der Waals surface area contributed by atoms with Gasteiger partial charge in [-0.25, -0.2) is 4.39 Å². The topological polar surface area (TPSA) is 24.1 Å². The van der Waals surface area contributed by atoms with E-state index >= 15 is 0 Å². The Bertz CT molecular complexity index is 339. The van der Waals surface area contributed by atoms with Gasteiger partial charge in [0.2, 0.25) is 0 Å². The van der Waals surface area contributed by atoms with Crippen molar-refractivity contribution in [3.05, 3.63) is 35.1 Å². The highest BCUT2D eigenvalue weighted by Crippen LogP contribution is 2.09. The fourth-order valence-corrected chi connectivity index (χ4v) is 1.89. The molecule has 0 amide bonds. The Morgan fingerprint density at radius 1 is 1.29 bits per heavy atom. The van der Waals surface area contributed by atoms with Crippen LogP contribution in [0.3, 0.4) is 0 Å².